The normalized spacial score (nSPS) is 16.0. The molecular weight excluding hydrogens is 1940 g/mol. The number of methoxy groups -OCH3 is 5. The Labute approximate surface area is 768 Å². The molecule has 2 amide bonds. The molecule has 11 rings (SSSR count). The van der Waals surface area contributed by atoms with Gasteiger partial charge in [-0.2, -0.15) is 0 Å². The highest BCUT2D eigenvalue weighted by Gasteiger charge is 2.48. The van der Waals surface area contributed by atoms with Crippen molar-refractivity contribution in [2.75, 3.05) is 35.5 Å². The van der Waals surface area contributed by atoms with E-state index in [9.17, 15) is 96.1 Å². The number of allylic oxidation sites excluding steroid dienone is 2. The van der Waals surface area contributed by atoms with Crippen molar-refractivity contribution >= 4 is 104 Å². The third-order valence-corrected chi connectivity index (χ3v) is 25.1. The van der Waals surface area contributed by atoms with Crippen LogP contribution in [-0.2, 0) is 32.7 Å². The number of hydrogen-bond acceptors (Lipinski definition) is 25. The molecule has 0 saturated carbocycles. The summed E-state index contributed by atoms with van der Waals surface area (Å²) >= 11 is 13.2. The summed E-state index contributed by atoms with van der Waals surface area (Å²) in [6.45, 7) is 32.4. The van der Waals surface area contributed by atoms with Gasteiger partial charge in [0.15, 0.2) is 57.7 Å². The van der Waals surface area contributed by atoms with Crippen molar-refractivity contribution in [1.82, 2.24) is 39.3 Å². The maximum atomic E-state index is 13.7. The molecule has 690 valence electrons. The predicted molar refractivity (Wildman–Crippen MR) is 480 cm³/mol. The van der Waals surface area contributed by atoms with Crippen LogP contribution >= 0.6 is 63.7 Å². The first-order valence-corrected chi connectivity index (χ1v) is 42.1. The Morgan fingerprint density at radius 2 is 0.883 bits per heavy atom. The molecule has 0 saturated heterocycles. The molecule has 3 aliphatic heterocycles. The number of rotatable bonds is 20. The molecule has 128 heavy (non-hydrogen) atoms. The lowest BCUT2D eigenvalue weighted by Crippen LogP contribution is -2.47. The minimum absolute atomic E-state index is 0.00406. The summed E-state index contributed by atoms with van der Waals surface area (Å²) in [5.41, 5.74) is -5.14. The number of amides is 2. The second-order valence-electron chi connectivity index (χ2n) is 33.0. The lowest BCUT2D eigenvalue weighted by atomic mass is 9.77. The number of halogens is 8. The van der Waals surface area contributed by atoms with Gasteiger partial charge in [-0.15, -0.1) is 13.2 Å². The first-order valence-electron chi connectivity index (χ1n) is 38.9. The van der Waals surface area contributed by atoms with Crippen molar-refractivity contribution in [2.45, 2.75) is 161 Å². The number of carbonyl (C=O) groups is 7. The standard InChI is InChI=1S/C20H20F2N2O5.C19H18F2N2O5.C13H16BrNO4.C13H18BrNO2.C13H16BrNO2.C12H14BrNO4/c1-20(2)14(25)9-24-8-12(16(26)17(29-3)15(24)18(20)27)19(28)23-7-10-4-5-11(21)6-13(10)22;1-19(2)13(24)8-23-7-11(15(25)16(26)14(23)17(19)27)18(28)22-6-9-3-4-10(20)5-12(9)21;1-7-8(14)5-15-10(11(7)19-4)12(18)13(2,3)9(17)6-16;2*1-6-13(3,4)12(16)10-11(17-5)8(2)9(14)7-15-10;1-12(2)7(15)5-14-4-6(13)9(16)10(18-3)8(14)11(12)17/h4-6,8,14,25H,7,9H2,1-3H3,(H,23,28);3-5,7,13,24,26H,6,8H2,1-2H3,(H,22,28);5-6,16-17H,1-4H3;6-7,12,16H,1H2,2-5H3;6-7H,1H2,2-5H3;4,7,15H,5H2,1-3H3/b;;9-6-;;;. The van der Waals surface area contributed by atoms with Crippen LogP contribution in [-0.4, -0.2) is 159 Å². The van der Waals surface area contributed by atoms with Crippen LogP contribution in [0.5, 0.6) is 34.5 Å². The molecule has 8 aromatic rings. The minimum atomic E-state index is -1.28. The van der Waals surface area contributed by atoms with Gasteiger partial charge in [-0.3, -0.25) is 52.9 Å². The number of carbonyl (C=O) groups excluding carboxylic acids is 7. The number of hydrogen-bond donors (Lipinski definition) is 9. The van der Waals surface area contributed by atoms with Crippen molar-refractivity contribution in [3.63, 3.8) is 0 Å². The van der Waals surface area contributed by atoms with Crippen molar-refractivity contribution in [2.24, 2.45) is 32.5 Å². The quantitative estimate of drug-likeness (QED) is 0.0148. The maximum absolute atomic E-state index is 13.7. The second-order valence-corrected chi connectivity index (χ2v) is 36.4. The van der Waals surface area contributed by atoms with Crippen LogP contribution in [0.2, 0.25) is 0 Å². The maximum Gasteiger partial charge on any atom is 0.257 e. The van der Waals surface area contributed by atoms with E-state index in [4.69, 9.17) is 28.8 Å². The number of nitrogens with zero attached hydrogens (tertiary/aromatic N) is 6. The number of ether oxygens (including phenoxy) is 5. The Hall–Kier alpha value is -10.9. The van der Waals surface area contributed by atoms with Gasteiger partial charge in [0.25, 0.3) is 11.8 Å². The molecule has 9 heterocycles. The van der Waals surface area contributed by atoms with E-state index < -0.39 is 137 Å². The molecule has 0 fully saturated rings. The number of Topliss-reactive ketones (excluding diaryl/α,β-unsaturated/α-hetero) is 5. The van der Waals surface area contributed by atoms with Gasteiger partial charge in [0, 0.05) is 134 Å². The van der Waals surface area contributed by atoms with Crippen LogP contribution in [0.1, 0.15) is 196 Å². The van der Waals surface area contributed by atoms with Gasteiger partial charge >= 0.3 is 0 Å². The highest BCUT2D eigenvalue weighted by atomic mass is 79.9. The van der Waals surface area contributed by atoms with Crippen molar-refractivity contribution in [3.05, 3.63) is 256 Å². The van der Waals surface area contributed by atoms with E-state index >= 15 is 0 Å². The van der Waals surface area contributed by atoms with E-state index in [2.05, 4.69) is 102 Å². The van der Waals surface area contributed by atoms with Gasteiger partial charge in [-0.1, -0.05) is 38.1 Å². The molecule has 0 bridgehead atoms. The van der Waals surface area contributed by atoms with Crippen molar-refractivity contribution < 1.29 is 111 Å². The highest BCUT2D eigenvalue weighted by Crippen LogP contribution is 2.43. The zero-order chi connectivity index (χ0) is 97.2. The lowest BCUT2D eigenvalue weighted by molar-refractivity contribution is 0.0200. The summed E-state index contributed by atoms with van der Waals surface area (Å²) in [6, 6.07) is 5.76. The minimum Gasteiger partial charge on any atom is -0.512 e. The van der Waals surface area contributed by atoms with E-state index in [1.807, 2.05) is 27.7 Å². The molecule has 4 unspecified atom stereocenters. The molecule has 3 aliphatic rings. The van der Waals surface area contributed by atoms with Gasteiger partial charge < -0.3 is 83.8 Å². The third-order valence-electron chi connectivity index (χ3n) is 22.2. The van der Waals surface area contributed by atoms with Gasteiger partial charge in [0.2, 0.25) is 16.3 Å². The number of ketones is 5. The highest BCUT2D eigenvalue weighted by molar-refractivity contribution is 9.11. The molecule has 6 aromatic heterocycles. The lowest BCUT2D eigenvalue weighted by Gasteiger charge is -2.36. The average molecular weight is 2040 g/mol. The fourth-order valence-corrected chi connectivity index (χ4v) is 13.9. The number of aliphatic hydroxyl groups excluding tert-OH is 6. The summed E-state index contributed by atoms with van der Waals surface area (Å²) in [7, 11) is 7.12. The summed E-state index contributed by atoms with van der Waals surface area (Å²) in [4.78, 5) is 137. The fraction of sp³-hybridized carbons (Fsp3) is 0.389. The number of nitrogens with one attached hydrogen (secondary N) is 2. The SMILES string of the molecule is C=CC(C)(C)C(=O)c1ncc(Br)c(C)c1OC.C=CC(C)(C)C(O)c1ncc(Br)c(C)c1OC.CC1(C)C(=O)c2c(O)c(=O)c(C(=O)NCc3ccc(F)cc3F)cn2CC1O.COc1c(C(=O)C(C)(C)/C(O)=C/O)ncc(Br)c1C.COc1c2n(cc(Br)c1=O)CC(O)C(C)(C)C2=O.COc1c2n(cc(C(=O)NCc3ccc(F)cc3F)c1=O)CC(O)C(C)(C)C2=O. The monoisotopic (exact) mass is 2040 g/mol. The number of pyridine rings is 6. The van der Waals surface area contributed by atoms with Gasteiger partial charge in [-0.05, 0) is 166 Å². The van der Waals surface area contributed by atoms with Crippen LogP contribution in [0.15, 0.2) is 143 Å². The molecule has 0 aliphatic carbocycles. The van der Waals surface area contributed by atoms with E-state index in [0.717, 1.165) is 59.1 Å². The molecule has 30 nitrogen and oxygen atoms in total. The molecule has 0 radical (unpaired) electrons. The zero-order valence-corrected chi connectivity index (χ0v) is 80.2. The third kappa shape index (κ3) is 22.5. The first-order chi connectivity index (χ1) is 59.4. The van der Waals surface area contributed by atoms with Gasteiger partial charge in [-0.25, -0.2) is 27.5 Å². The van der Waals surface area contributed by atoms with Crippen LogP contribution in [0, 0.1) is 76.5 Å². The van der Waals surface area contributed by atoms with Gasteiger partial charge in [0.05, 0.1) is 80.0 Å². The van der Waals surface area contributed by atoms with Gasteiger partial charge in [0.1, 0.15) is 92.4 Å². The predicted octanol–water partition coefficient (Wildman–Crippen LogP) is 14.5. The van der Waals surface area contributed by atoms with Crippen LogP contribution in [0.3, 0.4) is 0 Å². The molecule has 38 heteroatoms. The molecule has 4 atom stereocenters. The molecule has 0 spiro atoms. The fourth-order valence-electron chi connectivity index (χ4n) is 12.6. The second kappa shape index (κ2) is 42.6. The smallest absolute Gasteiger partial charge is 0.257 e. The number of aromatic hydroxyl groups is 1. The summed E-state index contributed by atoms with van der Waals surface area (Å²) in [6.07, 6.45) is 8.74. The van der Waals surface area contributed by atoms with E-state index in [-0.39, 0.29) is 101 Å². The summed E-state index contributed by atoms with van der Waals surface area (Å²) < 4.78 is 86.1. The van der Waals surface area contributed by atoms with Crippen molar-refractivity contribution in [1.29, 1.82) is 0 Å². The topological polar surface area (TPSA) is 436 Å². The molecule has 9 N–H and O–H groups in total. The summed E-state index contributed by atoms with van der Waals surface area (Å²) in [5.74, 6) is -6.99. The van der Waals surface area contributed by atoms with E-state index in [1.54, 1.807) is 84.7 Å². The molecular formula is C90H102Br4F4N8O22. The Morgan fingerprint density at radius 1 is 0.531 bits per heavy atom. The number of fused-ring (bicyclic) bond motifs is 3. The van der Waals surface area contributed by atoms with Crippen LogP contribution in [0.4, 0.5) is 17.6 Å². The zero-order valence-electron chi connectivity index (χ0n) is 73.9. The van der Waals surface area contributed by atoms with Crippen LogP contribution < -0.4 is 50.6 Å². The summed E-state index contributed by atoms with van der Waals surface area (Å²) in [5, 5.41) is 74.2. The molecule has 2 aromatic carbocycles. The average Bonchev–Trinajstić information content (AvgIpc) is 0.755. The number of aromatic nitrogens is 6. The van der Waals surface area contributed by atoms with Crippen LogP contribution in [0.25, 0.3) is 0 Å². The van der Waals surface area contributed by atoms with Crippen molar-refractivity contribution in [3.8, 4) is 34.5 Å². The number of benzene rings is 2. The van der Waals surface area contributed by atoms with E-state index in [1.165, 1.54) is 85.4 Å². The Kier molecular flexibility index (Phi) is 35.2. The largest absolute Gasteiger partial charge is 0.512 e. The first kappa shape index (κ1) is 106. The Bertz CT molecular complexity index is 5900. The Morgan fingerprint density at radius 3 is 1.26 bits per heavy atom. The van der Waals surface area contributed by atoms with E-state index in [0.29, 0.717) is 51.5 Å². The number of aliphatic hydroxyl groups is 6. The Balaban J connectivity index is 0.000000241.